The largest absolute Gasteiger partial charge is 0.376 e. The van der Waals surface area contributed by atoms with Gasteiger partial charge in [0.25, 0.3) is 0 Å². The Kier molecular flexibility index (Phi) is 3.69. The number of nitrogens with one attached hydrogen (secondary N) is 1. The number of amides is 1. The first kappa shape index (κ1) is 13.1. The van der Waals surface area contributed by atoms with Gasteiger partial charge in [0.15, 0.2) is 5.58 Å². The second-order valence-corrected chi connectivity index (χ2v) is 5.21. The van der Waals surface area contributed by atoms with Crippen molar-refractivity contribution in [3.05, 3.63) is 30.0 Å². The molecule has 1 aliphatic rings. The Morgan fingerprint density at radius 3 is 3.15 bits per heavy atom. The second-order valence-electron chi connectivity index (χ2n) is 5.21. The SMILES string of the molecule is C[C@H](NC(=O)Cc1noc2ccccc12)[C@@H]1CCCO1. The maximum atomic E-state index is 12.1. The molecular weight excluding hydrogens is 256 g/mol. The van der Waals surface area contributed by atoms with E-state index in [1.165, 1.54) is 0 Å². The number of carbonyl (C=O) groups excluding carboxylic acids is 1. The predicted octanol–water partition coefficient (Wildman–Crippen LogP) is 2.05. The molecule has 1 saturated heterocycles. The molecule has 3 rings (SSSR count). The molecule has 0 bridgehead atoms. The summed E-state index contributed by atoms with van der Waals surface area (Å²) in [5.41, 5.74) is 1.39. The van der Waals surface area contributed by atoms with E-state index in [-0.39, 0.29) is 24.5 Å². The molecule has 0 radical (unpaired) electrons. The summed E-state index contributed by atoms with van der Waals surface area (Å²) in [7, 11) is 0. The van der Waals surface area contributed by atoms with Crippen LogP contribution in [0, 0.1) is 0 Å². The van der Waals surface area contributed by atoms with Crippen LogP contribution in [0.2, 0.25) is 0 Å². The normalized spacial score (nSPS) is 20.1. The molecule has 0 aliphatic carbocycles. The minimum atomic E-state index is -0.0490. The lowest BCUT2D eigenvalue weighted by molar-refractivity contribution is -0.122. The van der Waals surface area contributed by atoms with Crippen LogP contribution in [0.5, 0.6) is 0 Å². The van der Waals surface area contributed by atoms with Crippen LogP contribution in [0.25, 0.3) is 11.0 Å². The van der Waals surface area contributed by atoms with Crippen molar-refractivity contribution in [2.45, 2.75) is 38.3 Å². The molecule has 0 unspecified atom stereocenters. The summed E-state index contributed by atoms with van der Waals surface area (Å²) in [6, 6.07) is 7.59. The highest BCUT2D eigenvalue weighted by Gasteiger charge is 2.24. The molecule has 5 heteroatoms. The zero-order valence-electron chi connectivity index (χ0n) is 11.5. The Bertz CT molecular complexity index is 602. The van der Waals surface area contributed by atoms with Crippen LogP contribution in [0.4, 0.5) is 0 Å². The number of fused-ring (bicyclic) bond motifs is 1. The maximum Gasteiger partial charge on any atom is 0.226 e. The Labute approximate surface area is 117 Å². The number of aromatic nitrogens is 1. The smallest absolute Gasteiger partial charge is 0.226 e. The van der Waals surface area contributed by atoms with Gasteiger partial charge in [-0.2, -0.15) is 0 Å². The van der Waals surface area contributed by atoms with E-state index >= 15 is 0 Å². The summed E-state index contributed by atoms with van der Waals surface area (Å²) in [4.78, 5) is 12.1. The molecule has 1 aliphatic heterocycles. The molecule has 5 nitrogen and oxygen atoms in total. The van der Waals surface area contributed by atoms with Crippen molar-refractivity contribution >= 4 is 16.9 Å². The fourth-order valence-corrected chi connectivity index (χ4v) is 2.61. The van der Waals surface area contributed by atoms with Gasteiger partial charge in [0.2, 0.25) is 5.91 Å². The average Bonchev–Trinajstić information content (AvgIpc) is 3.09. The molecule has 2 heterocycles. The number of hydrogen-bond donors (Lipinski definition) is 1. The average molecular weight is 274 g/mol. The van der Waals surface area contributed by atoms with Crippen molar-refractivity contribution in [3.63, 3.8) is 0 Å². The number of ether oxygens (including phenoxy) is 1. The monoisotopic (exact) mass is 274 g/mol. The van der Waals surface area contributed by atoms with E-state index in [0.29, 0.717) is 11.3 Å². The van der Waals surface area contributed by atoms with E-state index in [1.807, 2.05) is 31.2 Å². The van der Waals surface area contributed by atoms with Gasteiger partial charge < -0.3 is 14.6 Å². The number of carbonyl (C=O) groups is 1. The third-order valence-corrected chi connectivity index (χ3v) is 3.69. The predicted molar refractivity (Wildman–Crippen MR) is 74.3 cm³/mol. The van der Waals surface area contributed by atoms with Crippen LogP contribution in [-0.4, -0.2) is 29.8 Å². The minimum absolute atomic E-state index is 0.0307. The number of benzene rings is 1. The molecule has 2 aromatic rings. The van der Waals surface area contributed by atoms with Gasteiger partial charge in [-0.25, -0.2) is 0 Å². The van der Waals surface area contributed by atoms with Gasteiger partial charge in [-0.05, 0) is 31.9 Å². The van der Waals surface area contributed by atoms with Gasteiger partial charge in [-0.1, -0.05) is 17.3 Å². The second kappa shape index (κ2) is 5.63. The zero-order valence-corrected chi connectivity index (χ0v) is 11.5. The van der Waals surface area contributed by atoms with E-state index in [0.717, 1.165) is 24.8 Å². The van der Waals surface area contributed by atoms with Crippen LogP contribution in [-0.2, 0) is 16.0 Å². The summed E-state index contributed by atoms with van der Waals surface area (Å²) in [5, 5.41) is 7.85. The summed E-state index contributed by atoms with van der Waals surface area (Å²) in [6.45, 7) is 2.77. The van der Waals surface area contributed by atoms with Gasteiger partial charge in [-0.15, -0.1) is 0 Å². The quantitative estimate of drug-likeness (QED) is 0.926. The van der Waals surface area contributed by atoms with E-state index in [1.54, 1.807) is 0 Å². The highest BCUT2D eigenvalue weighted by Crippen LogP contribution is 2.19. The minimum Gasteiger partial charge on any atom is -0.376 e. The van der Waals surface area contributed by atoms with E-state index in [4.69, 9.17) is 9.26 Å². The highest BCUT2D eigenvalue weighted by atomic mass is 16.5. The third kappa shape index (κ3) is 2.67. The summed E-state index contributed by atoms with van der Waals surface area (Å²) < 4.78 is 10.8. The fraction of sp³-hybridized carbons (Fsp3) is 0.467. The molecule has 1 aromatic heterocycles. The number of para-hydroxylation sites is 1. The van der Waals surface area contributed by atoms with Crippen molar-refractivity contribution in [1.29, 1.82) is 0 Å². The third-order valence-electron chi connectivity index (χ3n) is 3.69. The Hall–Kier alpha value is -1.88. The van der Waals surface area contributed by atoms with Crippen molar-refractivity contribution in [3.8, 4) is 0 Å². The molecule has 1 amide bonds. The maximum absolute atomic E-state index is 12.1. The Balaban J connectivity index is 1.63. The van der Waals surface area contributed by atoms with Crippen LogP contribution >= 0.6 is 0 Å². The topological polar surface area (TPSA) is 64.4 Å². The standard InChI is InChI=1S/C15H18N2O3/c1-10(13-7-4-8-19-13)16-15(18)9-12-11-5-2-3-6-14(11)20-17-12/h2-3,5-6,10,13H,4,7-9H2,1H3,(H,16,18)/t10-,13-/m0/s1. The van der Waals surface area contributed by atoms with Gasteiger partial charge in [0.05, 0.1) is 18.6 Å². The van der Waals surface area contributed by atoms with E-state index in [9.17, 15) is 4.79 Å². The van der Waals surface area contributed by atoms with Gasteiger partial charge in [0.1, 0.15) is 5.69 Å². The Morgan fingerprint density at radius 1 is 1.50 bits per heavy atom. The molecular formula is C15H18N2O3. The molecule has 1 N–H and O–H groups in total. The molecule has 0 saturated carbocycles. The van der Waals surface area contributed by atoms with E-state index in [2.05, 4.69) is 10.5 Å². The number of rotatable bonds is 4. The highest BCUT2D eigenvalue weighted by molar-refractivity contribution is 5.86. The lowest BCUT2D eigenvalue weighted by atomic mass is 10.1. The molecule has 1 aromatic carbocycles. The van der Waals surface area contributed by atoms with Gasteiger partial charge in [-0.3, -0.25) is 4.79 Å². The van der Waals surface area contributed by atoms with Crippen LogP contribution in [0.15, 0.2) is 28.8 Å². The van der Waals surface area contributed by atoms with Crippen molar-refractivity contribution < 1.29 is 14.1 Å². The Morgan fingerprint density at radius 2 is 2.35 bits per heavy atom. The lowest BCUT2D eigenvalue weighted by Gasteiger charge is -2.19. The number of hydrogen-bond acceptors (Lipinski definition) is 4. The molecule has 0 spiro atoms. The van der Waals surface area contributed by atoms with Gasteiger partial charge in [0, 0.05) is 12.0 Å². The van der Waals surface area contributed by atoms with Gasteiger partial charge >= 0.3 is 0 Å². The molecule has 1 fully saturated rings. The first-order valence-corrected chi connectivity index (χ1v) is 6.98. The van der Waals surface area contributed by atoms with Crippen molar-refractivity contribution in [2.24, 2.45) is 0 Å². The lowest BCUT2D eigenvalue weighted by Crippen LogP contribution is -2.41. The van der Waals surface area contributed by atoms with Crippen LogP contribution in [0.3, 0.4) is 0 Å². The summed E-state index contributed by atoms with van der Waals surface area (Å²) >= 11 is 0. The van der Waals surface area contributed by atoms with Crippen molar-refractivity contribution in [2.75, 3.05) is 6.61 Å². The van der Waals surface area contributed by atoms with Crippen LogP contribution in [0.1, 0.15) is 25.5 Å². The zero-order chi connectivity index (χ0) is 13.9. The first-order valence-electron chi connectivity index (χ1n) is 6.98. The molecule has 20 heavy (non-hydrogen) atoms. The first-order chi connectivity index (χ1) is 9.74. The van der Waals surface area contributed by atoms with Crippen molar-refractivity contribution in [1.82, 2.24) is 10.5 Å². The van der Waals surface area contributed by atoms with E-state index < -0.39 is 0 Å². The molecule has 2 atom stereocenters. The van der Waals surface area contributed by atoms with Crippen LogP contribution < -0.4 is 5.32 Å². The number of nitrogens with zero attached hydrogens (tertiary/aromatic N) is 1. The summed E-state index contributed by atoms with van der Waals surface area (Å²) in [5.74, 6) is -0.0490. The molecule has 106 valence electrons. The fourth-order valence-electron chi connectivity index (χ4n) is 2.61. The summed E-state index contributed by atoms with van der Waals surface area (Å²) in [6.07, 6.45) is 2.44.